The van der Waals surface area contributed by atoms with Gasteiger partial charge in [-0.1, -0.05) is 11.3 Å². The highest BCUT2D eigenvalue weighted by Crippen LogP contribution is 2.12. The molecule has 0 aliphatic heterocycles. The molecule has 2 heterocycles. The number of aromatic nitrogens is 4. The standard InChI is InChI=1S/C7H7IN4S/c8-7-11-10-6(13-7)2-5-12-4-1-3-9-12/h1,3-4H,2,5H2. The molecule has 0 atom stereocenters. The first-order chi connectivity index (χ1) is 6.34. The zero-order valence-electron chi connectivity index (χ0n) is 6.72. The zero-order chi connectivity index (χ0) is 9.10. The van der Waals surface area contributed by atoms with Gasteiger partial charge in [0.2, 0.25) is 0 Å². The van der Waals surface area contributed by atoms with Crippen LogP contribution in [0.3, 0.4) is 0 Å². The summed E-state index contributed by atoms with van der Waals surface area (Å²) in [5.41, 5.74) is 0. The minimum Gasteiger partial charge on any atom is -0.272 e. The van der Waals surface area contributed by atoms with E-state index < -0.39 is 0 Å². The van der Waals surface area contributed by atoms with E-state index in [1.807, 2.05) is 16.9 Å². The van der Waals surface area contributed by atoms with Gasteiger partial charge in [0, 0.05) is 25.4 Å². The number of aryl methyl sites for hydroxylation is 2. The maximum atomic E-state index is 4.11. The maximum absolute atomic E-state index is 4.11. The molecule has 0 bridgehead atoms. The molecule has 6 heteroatoms. The highest BCUT2D eigenvalue weighted by Gasteiger charge is 2.00. The van der Waals surface area contributed by atoms with Crippen LogP contribution in [-0.4, -0.2) is 20.0 Å². The summed E-state index contributed by atoms with van der Waals surface area (Å²) in [6.45, 7) is 0.873. The van der Waals surface area contributed by atoms with Crippen molar-refractivity contribution in [2.75, 3.05) is 0 Å². The number of halogens is 1. The summed E-state index contributed by atoms with van der Waals surface area (Å²) in [7, 11) is 0. The van der Waals surface area contributed by atoms with E-state index in [1.54, 1.807) is 17.5 Å². The predicted molar refractivity (Wildman–Crippen MR) is 58.6 cm³/mol. The molecule has 2 rings (SSSR count). The summed E-state index contributed by atoms with van der Waals surface area (Å²) in [5.74, 6) is 0. The Labute approximate surface area is 93.1 Å². The minimum atomic E-state index is 0.873. The van der Waals surface area contributed by atoms with Gasteiger partial charge in [-0.05, 0) is 28.7 Å². The Hall–Kier alpha value is -0.500. The molecule has 0 radical (unpaired) electrons. The smallest absolute Gasteiger partial charge is 0.178 e. The van der Waals surface area contributed by atoms with Crippen LogP contribution in [0.5, 0.6) is 0 Å². The van der Waals surface area contributed by atoms with Crippen LogP contribution in [0.4, 0.5) is 0 Å². The molecule has 0 aliphatic carbocycles. The SMILES string of the molecule is Ic1nnc(CCn2cccn2)s1. The molecule has 68 valence electrons. The molecule has 0 spiro atoms. The van der Waals surface area contributed by atoms with Crippen molar-refractivity contribution in [1.29, 1.82) is 0 Å². The summed E-state index contributed by atoms with van der Waals surface area (Å²) in [6.07, 6.45) is 4.64. The number of hydrogen-bond acceptors (Lipinski definition) is 4. The molecule has 0 saturated heterocycles. The first-order valence-corrected chi connectivity index (χ1v) is 5.69. The molecule has 0 N–H and O–H groups in total. The van der Waals surface area contributed by atoms with Gasteiger partial charge in [-0.3, -0.25) is 4.68 Å². The minimum absolute atomic E-state index is 0.873. The van der Waals surface area contributed by atoms with E-state index in [9.17, 15) is 0 Å². The van der Waals surface area contributed by atoms with Crippen molar-refractivity contribution < 1.29 is 0 Å². The van der Waals surface area contributed by atoms with Gasteiger partial charge in [-0.2, -0.15) is 5.10 Å². The quantitative estimate of drug-likeness (QED) is 0.809. The normalized spacial score (nSPS) is 10.5. The van der Waals surface area contributed by atoms with E-state index >= 15 is 0 Å². The van der Waals surface area contributed by atoms with Gasteiger partial charge in [0.15, 0.2) is 3.01 Å². The lowest BCUT2D eigenvalue weighted by atomic mass is 10.4. The van der Waals surface area contributed by atoms with Crippen LogP contribution in [-0.2, 0) is 13.0 Å². The summed E-state index contributed by atoms with van der Waals surface area (Å²) in [6, 6.07) is 1.92. The van der Waals surface area contributed by atoms with Crippen LogP contribution >= 0.6 is 33.9 Å². The van der Waals surface area contributed by atoms with Crippen molar-refractivity contribution in [3.8, 4) is 0 Å². The Balaban J connectivity index is 1.93. The van der Waals surface area contributed by atoms with Crippen molar-refractivity contribution in [1.82, 2.24) is 20.0 Å². The summed E-state index contributed by atoms with van der Waals surface area (Å²) < 4.78 is 2.89. The van der Waals surface area contributed by atoms with Crippen molar-refractivity contribution in [3.05, 3.63) is 26.5 Å². The van der Waals surface area contributed by atoms with Crippen molar-refractivity contribution in [2.24, 2.45) is 0 Å². The van der Waals surface area contributed by atoms with E-state index in [0.29, 0.717) is 0 Å². The van der Waals surface area contributed by atoms with Gasteiger partial charge in [-0.15, -0.1) is 10.2 Å². The second-order valence-electron chi connectivity index (χ2n) is 2.47. The Morgan fingerprint density at radius 3 is 3.00 bits per heavy atom. The van der Waals surface area contributed by atoms with E-state index in [4.69, 9.17) is 0 Å². The van der Waals surface area contributed by atoms with E-state index in [0.717, 1.165) is 21.0 Å². The van der Waals surface area contributed by atoms with Gasteiger partial charge in [0.1, 0.15) is 5.01 Å². The second-order valence-corrected chi connectivity index (χ2v) is 5.28. The average Bonchev–Trinajstić information content (AvgIpc) is 2.71. The maximum Gasteiger partial charge on any atom is 0.178 e. The van der Waals surface area contributed by atoms with Crippen LogP contribution in [0.1, 0.15) is 5.01 Å². The monoisotopic (exact) mass is 306 g/mol. The van der Waals surface area contributed by atoms with Gasteiger partial charge in [-0.25, -0.2) is 0 Å². The Morgan fingerprint density at radius 2 is 2.38 bits per heavy atom. The molecule has 13 heavy (non-hydrogen) atoms. The summed E-state index contributed by atoms with van der Waals surface area (Å²) >= 11 is 3.81. The van der Waals surface area contributed by atoms with Crippen LogP contribution in [0.15, 0.2) is 18.5 Å². The molecular formula is C7H7IN4S. The molecule has 0 aliphatic rings. The number of rotatable bonds is 3. The first-order valence-electron chi connectivity index (χ1n) is 3.80. The molecule has 4 nitrogen and oxygen atoms in total. The van der Waals surface area contributed by atoms with Crippen LogP contribution in [0, 0.1) is 3.01 Å². The third-order valence-corrected chi connectivity index (χ3v) is 3.20. The zero-order valence-corrected chi connectivity index (χ0v) is 9.70. The topological polar surface area (TPSA) is 43.6 Å². The summed E-state index contributed by atoms with van der Waals surface area (Å²) in [4.78, 5) is 0. The lowest BCUT2D eigenvalue weighted by molar-refractivity contribution is 0.611. The molecule has 0 saturated carbocycles. The van der Waals surface area contributed by atoms with E-state index in [2.05, 4.69) is 37.9 Å². The fourth-order valence-electron chi connectivity index (χ4n) is 0.977. The molecule has 2 aromatic heterocycles. The third kappa shape index (κ3) is 2.47. The van der Waals surface area contributed by atoms with Crippen LogP contribution in [0.2, 0.25) is 0 Å². The molecule has 0 amide bonds. The predicted octanol–water partition coefficient (Wildman–Crippen LogP) is 1.58. The van der Waals surface area contributed by atoms with Crippen LogP contribution in [0.25, 0.3) is 0 Å². The van der Waals surface area contributed by atoms with Gasteiger partial charge in [0.25, 0.3) is 0 Å². The molecule has 0 aromatic carbocycles. The number of nitrogens with zero attached hydrogens (tertiary/aromatic N) is 4. The van der Waals surface area contributed by atoms with Crippen LogP contribution < -0.4 is 0 Å². The van der Waals surface area contributed by atoms with Gasteiger partial charge >= 0.3 is 0 Å². The number of hydrogen-bond donors (Lipinski definition) is 0. The molecular weight excluding hydrogens is 299 g/mol. The fraction of sp³-hybridized carbons (Fsp3) is 0.286. The largest absolute Gasteiger partial charge is 0.272 e. The molecule has 0 unspecified atom stereocenters. The highest BCUT2D eigenvalue weighted by molar-refractivity contribution is 14.1. The Morgan fingerprint density at radius 1 is 1.46 bits per heavy atom. The lowest BCUT2D eigenvalue weighted by Gasteiger charge is -1.96. The molecule has 2 aromatic rings. The summed E-state index contributed by atoms with van der Waals surface area (Å²) in [5, 5.41) is 13.2. The van der Waals surface area contributed by atoms with Crippen molar-refractivity contribution in [2.45, 2.75) is 13.0 Å². The third-order valence-electron chi connectivity index (χ3n) is 1.56. The second kappa shape index (κ2) is 4.14. The van der Waals surface area contributed by atoms with Crippen molar-refractivity contribution >= 4 is 33.9 Å². The first kappa shape index (κ1) is 9.07. The van der Waals surface area contributed by atoms with E-state index in [1.165, 1.54) is 0 Å². The molecule has 0 fully saturated rings. The Bertz CT molecular complexity index is 370. The lowest BCUT2D eigenvalue weighted by Crippen LogP contribution is -2.01. The van der Waals surface area contributed by atoms with Gasteiger partial charge < -0.3 is 0 Å². The van der Waals surface area contributed by atoms with E-state index in [-0.39, 0.29) is 0 Å². The highest BCUT2D eigenvalue weighted by atomic mass is 127. The Kier molecular flexibility index (Phi) is 2.89. The fourth-order valence-corrected chi connectivity index (χ4v) is 2.40. The average molecular weight is 306 g/mol. The van der Waals surface area contributed by atoms with Gasteiger partial charge in [0.05, 0.1) is 0 Å². The van der Waals surface area contributed by atoms with Crippen molar-refractivity contribution in [3.63, 3.8) is 0 Å².